The molecule has 1 aliphatic heterocycles. The molecule has 1 aliphatic rings. The van der Waals surface area contributed by atoms with Gasteiger partial charge in [-0.25, -0.2) is 8.42 Å². The number of nitrogens with zero attached hydrogens (tertiary/aromatic N) is 1. The van der Waals surface area contributed by atoms with Gasteiger partial charge in [0.1, 0.15) is 6.04 Å². The number of amides is 1. The van der Waals surface area contributed by atoms with Crippen LogP contribution in [-0.4, -0.2) is 57.0 Å². The third kappa shape index (κ3) is 6.46. The van der Waals surface area contributed by atoms with E-state index in [4.69, 9.17) is 9.47 Å². The number of carbonyl (C=O) groups excluding carboxylic acids is 1. The summed E-state index contributed by atoms with van der Waals surface area (Å²) < 4.78 is 35.4. The molecule has 1 N–H and O–H groups in total. The lowest BCUT2D eigenvalue weighted by Crippen LogP contribution is -2.46. The van der Waals surface area contributed by atoms with Crippen molar-refractivity contribution in [3.05, 3.63) is 54.1 Å². The van der Waals surface area contributed by atoms with Gasteiger partial charge in [-0.05, 0) is 30.5 Å². The van der Waals surface area contributed by atoms with Crippen molar-refractivity contribution >= 4 is 21.4 Å². The van der Waals surface area contributed by atoms with Gasteiger partial charge in [0.25, 0.3) is 0 Å². The van der Waals surface area contributed by atoms with Gasteiger partial charge in [-0.3, -0.25) is 9.69 Å². The van der Waals surface area contributed by atoms with Crippen LogP contribution >= 0.6 is 0 Å². The first-order valence-corrected chi connectivity index (χ1v) is 13.0. The van der Waals surface area contributed by atoms with Crippen molar-refractivity contribution in [3.63, 3.8) is 0 Å². The summed E-state index contributed by atoms with van der Waals surface area (Å²) in [4.78, 5) is 15.3. The summed E-state index contributed by atoms with van der Waals surface area (Å²) in [5, 5.41) is 2.99. The summed E-state index contributed by atoms with van der Waals surface area (Å²) in [7, 11) is -3.05. The molecule has 0 aliphatic carbocycles. The van der Waals surface area contributed by atoms with Crippen LogP contribution in [0.3, 0.4) is 0 Å². The molecule has 1 atom stereocenters. The normalized spacial score (nSPS) is 16.8. The number of carbonyl (C=O) groups is 1. The number of benzene rings is 2. The average Bonchev–Trinajstić information content (AvgIpc) is 2.79. The van der Waals surface area contributed by atoms with Crippen molar-refractivity contribution in [1.82, 2.24) is 4.90 Å². The molecule has 8 heteroatoms. The zero-order valence-electron chi connectivity index (χ0n) is 18.7. The second kappa shape index (κ2) is 11.3. The second-order valence-corrected chi connectivity index (χ2v) is 10.2. The van der Waals surface area contributed by atoms with Crippen LogP contribution in [-0.2, 0) is 14.6 Å². The van der Waals surface area contributed by atoms with E-state index in [0.29, 0.717) is 43.5 Å². The van der Waals surface area contributed by atoms with Crippen LogP contribution in [0, 0.1) is 0 Å². The van der Waals surface area contributed by atoms with Crippen molar-refractivity contribution in [1.29, 1.82) is 0 Å². The quantitative estimate of drug-likeness (QED) is 0.582. The van der Waals surface area contributed by atoms with Gasteiger partial charge in [-0.1, -0.05) is 44.2 Å². The number of ether oxygens (including phenoxy) is 2. The molecule has 0 radical (unpaired) electrons. The SMILES string of the molecule is CCCOc1ccc(NC(=O)C(c2ccccc2)N2CCS(=O)(=O)CC2)cc1OCCC. The number of nitrogens with one attached hydrogen (secondary N) is 1. The molecule has 1 amide bonds. The first-order chi connectivity index (χ1) is 15.4. The zero-order valence-corrected chi connectivity index (χ0v) is 19.6. The van der Waals surface area contributed by atoms with Crippen LogP contribution in [0.2, 0.25) is 0 Å². The van der Waals surface area contributed by atoms with Crippen LogP contribution in [0.25, 0.3) is 0 Å². The Morgan fingerprint density at radius 2 is 1.59 bits per heavy atom. The fraction of sp³-hybridized carbons (Fsp3) is 0.458. The Labute approximate surface area is 190 Å². The van der Waals surface area contributed by atoms with Crippen molar-refractivity contribution in [2.45, 2.75) is 32.7 Å². The van der Waals surface area contributed by atoms with Crippen LogP contribution < -0.4 is 14.8 Å². The Kier molecular flexibility index (Phi) is 8.53. The largest absolute Gasteiger partial charge is 0.490 e. The molecule has 174 valence electrons. The molecule has 2 aromatic rings. The maximum absolute atomic E-state index is 13.4. The molecule has 0 bridgehead atoms. The average molecular weight is 461 g/mol. The lowest BCUT2D eigenvalue weighted by molar-refractivity contribution is -0.121. The fourth-order valence-electron chi connectivity index (χ4n) is 3.60. The molecule has 1 heterocycles. The monoisotopic (exact) mass is 460 g/mol. The standard InChI is InChI=1S/C24H32N2O5S/c1-3-14-30-21-11-10-20(18-22(21)31-15-4-2)25-24(27)23(19-8-6-5-7-9-19)26-12-16-32(28,29)17-13-26/h5-11,18,23H,3-4,12-17H2,1-2H3,(H,25,27). The maximum atomic E-state index is 13.4. The molecule has 1 unspecified atom stereocenters. The van der Waals surface area contributed by atoms with Gasteiger partial charge in [0.05, 0.1) is 24.7 Å². The predicted molar refractivity (Wildman–Crippen MR) is 126 cm³/mol. The van der Waals surface area contributed by atoms with Crippen LogP contribution in [0.4, 0.5) is 5.69 Å². The van der Waals surface area contributed by atoms with E-state index >= 15 is 0 Å². The van der Waals surface area contributed by atoms with Gasteiger partial charge >= 0.3 is 0 Å². The Balaban J connectivity index is 1.82. The van der Waals surface area contributed by atoms with Crippen LogP contribution in [0.15, 0.2) is 48.5 Å². The van der Waals surface area contributed by atoms with Gasteiger partial charge in [0.2, 0.25) is 5.91 Å². The van der Waals surface area contributed by atoms with E-state index in [1.54, 1.807) is 18.2 Å². The number of sulfone groups is 1. The molecular weight excluding hydrogens is 428 g/mol. The summed E-state index contributed by atoms with van der Waals surface area (Å²) in [5.41, 5.74) is 1.44. The third-order valence-electron chi connectivity index (χ3n) is 5.24. The first kappa shape index (κ1) is 24.1. The maximum Gasteiger partial charge on any atom is 0.246 e. The molecule has 32 heavy (non-hydrogen) atoms. The molecule has 0 saturated carbocycles. The number of rotatable bonds is 10. The van der Waals surface area contributed by atoms with E-state index < -0.39 is 15.9 Å². The van der Waals surface area contributed by atoms with Gasteiger partial charge < -0.3 is 14.8 Å². The van der Waals surface area contributed by atoms with E-state index in [1.807, 2.05) is 49.1 Å². The minimum Gasteiger partial charge on any atom is -0.490 e. The molecule has 3 rings (SSSR count). The van der Waals surface area contributed by atoms with Crippen LogP contribution in [0.5, 0.6) is 11.5 Å². The summed E-state index contributed by atoms with van der Waals surface area (Å²) >= 11 is 0. The third-order valence-corrected chi connectivity index (χ3v) is 6.85. The van der Waals surface area contributed by atoms with Crippen molar-refractivity contribution in [2.75, 3.05) is 43.1 Å². The minimum absolute atomic E-state index is 0.0576. The Hall–Kier alpha value is -2.58. The summed E-state index contributed by atoms with van der Waals surface area (Å²) in [6.45, 7) is 5.85. The molecule has 1 saturated heterocycles. The zero-order chi connectivity index (χ0) is 23.0. The van der Waals surface area contributed by atoms with E-state index in [0.717, 1.165) is 18.4 Å². The smallest absolute Gasteiger partial charge is 0.246 e. The topological polar surface area (TPSA) is 84.9 Å². The van der Waals surface area contributed by atoms with Crippen molar-refractivity contribution in [3.8, 4) is 11.5 Å². The molecule has 2 aromatic carbocycles. The van der Waals surface area contributed by atoms with E-state index in [1.165, 1.54) is 0 Å². The van der Waals surface area contributed by atoms with Gasteiger partial charge in [-0.2, -0.15) is 0 Å². The van der Waals surface area contributed by atoms with Crippen molar-refractivity contribution in [2.24, 2.45) is 0 Å². The van der Waals surface area contributed by atoms with E-state index in [-0.39, 0.29) is 17.4 Å². The Morgan fingerprint density at radius 1 is 0.969 bits per heavy atom. The number of hydrogen-bond donors (Lipinski definition) is 1. The highest BCUT2D eigenvalue weighted by Crippen LogP contribution is 2.32. The minimum atomic E-state index is -3.05. The summed E-state index contributed by atoms with van der Waals surface area (Å²) in [6.07, 6.45) is 1.74. The number of anilines is 1. The summed E-state index contributed by atoms with van der Waals surface area (Å²) in [5.74, 6) is 1.15. The highest BCUT2D eigenvalue weighted by atomic mass is 32.2. The summed E-state index contributed by atoms with van der Waals surface area (Å²) in [6, 6.07) is 14.2. The molecule has 7 nitrogen and oxygen atoms in total. The van der Waals surface area contributed by atoms with Gasteiger partial charge in [0.15, 0.2) is 21.3 Å². The first-order valence-electron chi connectivity index (χ1n) is 11.1. The molecule has 1 fully saturated rings. The van der Waals surface area contributed by atoms with E-state index in [9.17, 15) is 13.2 Å². The molecule has 0 aromatic heterocycles. The highest BCUT2D eigenvalue weighted by Gasteiger charge is 2.32. The van der Waals surface area contributed by atoms with Crippen molar-refractivity contribution < 1.29 is 22.7 Å². The van der Waals surface area contributed by atoms with E-state index in [2.05, 4.69) is 5.32 Å². The second-order valence-electron chi connectivity index (χ2n) is 7.85. The van der Waals surface area contributed by atoms with Gasteiger partial charge in [0, 0.05) is 24.8 Å². The predicted octanol–water partition coefficient (Wildman–Crippen LogP) is 3.67. The molecule has 0 spiro atoms. The van der Waals surface area contributed by atoms with Crippen LogP contribution in [0.1, 0.15) is 38.3 Å². The lowest BCUT2D eigenvalue weighted by Gasteiger charge is -2.33. The fourth-order valence-corrected chi connectivity index (χ4v) is 4.83. The van der Waals surface area contributed by atoms with Gasteiger partial charge in [-0.15, -0.1) is 0 Å². The lowest BCUT2D eigenvalue weighted by atomic mass is 10.0. The Bertz CT molecular complexity index is 981. The highest BCUT2D eigenvalue weighted by molar-refractivity contribution is 7.91. The molecular formula is C24H32N2O5S. The Morgan fingerprint density at radius 3 is 2.22 bits per heavy atom. The number of hydrogen-bond acceptors (Lipinski definition) is 6.